The van der Waals surface area contributed by atoms with E-state index in [9.17, 15) is 18.4 Å². The molecule has 45 heavy (non-hydrogen) atoms. The number of ketones is 1. The summed E-state index contributed by atoms with van der Waals surface area (Å²) in [4.78, 5) is 27.7. The molecule has 0 aliphatic carbocycles. The predicted octanol–water partition coefficient (Wildman–Crippen LogP) is 11.4. The van der Waals surface area contributed by atoms with Gasteiger partial charge in [0.05, 0.1) is 0 Å². The number of urea groups is 1. The van der Waals surface area contributed by atoms with Crippen molar-refractivity contribution in [1.29, 1.82) is 0 Å². The number of Topliss-reactive ketones (excluding diaryl/α,β-unsaturated/α-hetero) is 1. The zero-order chi connectivity index (χ0) is 32.8. The fourth-order valence-corrected chi connectivity index (χ4v) is 6.02. The third-order valence-corrected chi connectivity index (χ3v) is 8.53. The van der Waals surface area contributed by atoms with Gasteiger partial charge in [-0.2, -0.15) is 0 Å². The molecule has 3 aromatic carbocycles. The standard InChI is InChI=1S/C39H48F2N2O2/c1-27(12-7-8-16-34(44)26-38(3,4)5)29-17-20-33(21-18-29)42-37(45)43-23-10-9-13-28(2)35-22-19-31(25-36(35)43)30-14-11-15-32(24-30)39(6,40)41/h11,14-15,17-22,24-25,28H,1,7-10,12-13,16,23,26H2,2-6H3,(H,42,45). The number of carbonyl (C=O) groups is 2. The minimum absolute atomic E-state index is 0.0267. The van der Waals surface area contributed by atoms with Crippen molar-refractivity contribution in [2.45, 2.75) is 97.8 Å². The predicted molar refractivity (Wildman–Crippen MR) is 183 cm³/mol. The van der Waals surface area contributed by atoms with E-state index in [0.29, 0.717) is 36.4 Å². The van der Waals surface area contributed by atoms with Gasteiger partial charge < -0.3 is 5.32 Å². The molecule has 1 N–H and O–H groups in total. The molecule has 0 radical (unpaired) electrons. The lowest BCUT2D eigenvalue weighted by atomic mass is 9.88. The number of anilines is 2. The van der Waals surface area contributed by atoms with Crippen LogP contribution >= 0.6 is 0 Å². The van der Waals surface area contributed by atoms with Crippen LogP contribution in [0.3, 0.4) is 0 Å². The van der Waals surface area contributed by atoms with Crippen molar-refractivity contribution in [2.75, 3.05) is 16.8 Å². The van der Waals surface area contributed by atoms with Gasteiger partial charge in [0.25, 0.3) is 5.92 Å². The lowest BCUT2D eigenvalue weighted by molar-refractivity contribution is -0.120. The van der Waals surface area contributed by atoms with Crippen LogP contribution in [0, 0.1) is 5.41 Å². The minimum atomic E-state index is -2.94. The topological polar surface area (TPSA) is 49.4 Å². The first kappa shape index (κ1) is 34.1. The second-order valence-corrected chi connectivity index (χ2v) is 13.9. The zero-order valence-corrected chi connectivity index (χ0v) is 27.5. The molecule has 0 spiro atoms. The quantitative estimate of drug-likeness (QED) is 0.231. The number of hydrogen-bond donors (Lipinski definition) is 1. The number of halogens is 2. The van der Waals surface area contributed by atoms with Gasteiger partial charge in [-0.05, 0) is 95.5 Å². The summed E-state index contributed by atoms with van der Waals surface area (Å²) in [5, 5.41) is 3.07. The summed E-state index contributed by atoms with van der Waals surface area (Å²) < 4.78 is 28.2. The second kappa shape index (κ2) is 14.5. The average molecular weight is 615 g/mol. The molecule has 4 rings (SSSR count). The summed E-state index contributed by atoms with van der Waals surface area (Å²) in [6.07, 6.45) is 6.72. The Morgan fingerprint density at radius 3 is 2.29 bits per heavy atom. The van der Waals surface area contributed by atoms with Crippen molar-refractivity contribution in [3.63, 3.8) is 0 Å². The Kier molecular flexibility index (Phi) is 11.0. The van der Waals surface area contributed by atoms with Crippen LogP contribution in [0.25, 0.3) is 16.7 Å². The Labute approximate surface area is 267 Å². The van der Waals surface area contributed by atoms with Crippen molar-refractivity contribution in [3.8, 4) is 11.1 Å². The first-order valence-electron chi connectivity index (χ1n) is 16.2. The summed E-state index contributed by atoms with van der Waals surface area (Å²) in [6.45, 7) is 14.2. The van der Waals surface area contributed by atoms with Crippen molar-refractivity contribution in [1.82, 2.24) is 0 Å². The van der Waals surface area contributed by atoms with Crippen molar-refractivity contribution in [2.24, 2.45) is 5.41 Å². The van der Waals surface area contributed by atoms with Gasteiger partial charge in [-0.25, -0.2) is 13.6 Å². The van der Waals surface area contributed by atoms with E-state index in [-0.39, 0.29) is 22.9 Å². The lowest BCUT2D eigenvalue weighted by Gasteiger charge is -2.30. The van der Waals surface area contributed by atoms with E-state index in [1.807, 2.05) is 48.5 Å². The fraction of sp³-hybridized carbons (Fsp3) is 0.436. The number of alkyl halides is 2. The molecule has 0 saturated heterocycles. The van der Waals surface area contributed by atoms with Crippen LogP contribution in [0.2, 0.25) is 0 Å². The molecule has 1 aliphatic heterocycles. The Balaban J connectivity index is 1.45. The first-order valence-corrected chi connectivity index (χ1v) is 16.2. The molecule has 1 aliphatic rings. The highest BCUT2D eigenvalue weighted by Crippen LogP contribution is 2.38. The number of rotatable bonds is 10. The van der Waals surface area contributed by atoms with E-state index >= 15 is 0 Å². The van der Waals surface area contributed by atoms with E-state index in [1.54, 1.807) is 11.0 Å². The van der Waals surface area contributed by atoms with Crippen molar-refractivity contribution < 1.29 is 18.4 Å². The highest BCUT2D eigenvalue weighted by molar-refractivity contribution is 6.03. The van der Waals surface area contributed by atoms with Crippen molar-refractivity contribution in [3.05, 3.63) is 90.0 Å². The van der Waals surface area contributed by atoms with Gasteiger partial charge in [-0.15, -0.1) is 0 Å². The molecule has 0 bridgehead atoms. The Morgan fingerprint density at radius 2 is 1.60 bits per heavy atom. The summed E-state index contributed by atoms with van der Waals surface area (Å²) in [5.74, 6) is -2.36. The maximum Gasteiger partial charge on any atom is 0.326 e. The summed E-state index contributed by atoms with van der Waals surface area (Å²) in [5.41, 5.74) is 6.10. The van der Waals surface area contributed by atoms with Gasteiger partial charge >= 0.3 is 6.03 Å². The number of carbonyl (C=O) groups excluding carboxylic acids is 2. The van der Waals surface area contributed by atoms with Gasteiger partial charge in [0.15, 0.2) is 0 Å². The van der Waals surface area contributed by atoms with Crippen molar-refractivity contribution >= 4 is 28.8 Å². The molecular formula is C39H48F2N2O2. The number of hydrogen-bond acceptors (Lipinski definition) is 2. The van der Waals surface area contributed by atoms with Crippen LogP contribution in [-0.4, -0.2) is 18.4 Å². The number of allylic oxidation sites excluding steroid dienone is 1. The smallest absolute Gasteiger partial charge is 0.308 e. The van der Waals surface area contributed by atoms with E-state index in [1.165, 1.54) is 12.1 Å². The maximum absolute atomic E-state index is 14.1. The van der Waals surface area contributed by atoms with Gasteiger partial charge in [0.2, 0.25) is 0 Å². The largest absolute Gasteiger partial charge is 0.326 e. The van der Waals surface area contributed by atoms with Crippen LogP contribution in [0.4, 0.5) is 25.0 Å². The Morgan fingerprint density at radius 1 is 0.911 bits per heavy atom. The normalized spacial score (nSPS) is 15.5. The molecule has 0 saturated carbocycles. The van der Waals surface area contributed by atoms with Crippen LogP contribution in [0.1, 0.15) is 109 Å². The number of fused-ring (bicyclic) bond motifs is 1. The molecule has 2 amide bonds. The second-order valence-electron chi connectivity index (χ2n) is 13.9. The zero-order valence-electron chi connectivity index (χ0n) is 27.5. The fourth-order valence-electron chi connectivity index (χ4n) is 6.02. The highest BCUT2D eigenvalue weighted by Gasteiger charge is 2.26. The minimum Gasteiger partial charge on any atom is -0.308 e. The molecule has 1 atom stereocenters. The summed E-state index contributed by atoms with van der Waals surface area (Å²) >= 11 is 0. The van der Waals surface area contributed by atoms with Gasteiger partial charge in [0, 0.05) is 43.2 Å². The number of amides is 2. The number of nitrogens with one attached hydrogen (secondary N) is 1. The molecule has 0 aromatic heterocycles. The van der Waals surface area contributed by atoms with E-state index < -0.39 is 5.92 Å². The third-order valence-electron chi connectivity index (χ3n) is 8.53. The van der Waals surface area contributed by atoms with Gasteiger partial charge in [0.1, 0.15) is 5.78 Å². The van der Waals surface area contributed by atoms with Crippen LogP contribution in [-0.2, 0) is 10.7 Å². The number of unbranched alkanes of at least 4 members (excludes halogenated alkanes) is 1. The molecule has 0 fully saturated rings. The average Bonchev–Trinajstić information content (AvgIpc) is 2.97. The first-order chi connectivity index (χ1) is 21.2. The molecule has 3 aromatic rings. The lowest BCUT2D eigenvalue weighted by Crippen LogP contribution is -2.37. The van der Waals surface area contributed by atoms with E-state index in [4.69, 9.17) is 0 Å². The summed E-state index contributed by atoms with van der Waals surface area (Å²) in [6, 6.07) is 19.9. The van der Waals surface area contributed by atoms with Crippen LogP contribution in [0.15, 0.2) is 73.3 Å². The monoisotopic (exact) mass is 614 g/mol. The van der Waals surface area contributed by atoms with E-state index in [0.717, 1.165) is 73.4 Å². The summed E-state index contributed by atoms with van der Waals surface area (Å²) in [7, 11) is 0. The molecular weight excluding hydrogens is 566 g/mol. The molecule has 1 heterocycles. The molecule has 4 nitrogen and oxygen atoms in total. The highest BCUT2D eigenvalue weighted by atomic mass is 19.3. The SMILES string of the molecule is C=C(CCCCC(=O)CC(C)(C)C)c1ccc(NC(=O)N2CCCCC(C)c3ccc(-c4cccc(C(C)(F)F)c4)cc32)cc1. The van der Waals surface area contributed by atoms with E-state index in [2.05, 4.69) is 39.6 Å². The molecule has 1 unspecified atom stereocenters. The molecule has 240 valence electrons. The van der Waals surface area contributed by atoms with Crippen LogP contribution in [0.5, 0.6) is 0 Å². The van der Waals surface area contributed by atoms with Crippen LogP contribution < -0.4 is 10.2 Å². The molecule has 6 heteroatoms. The Hall–Kier alpha value is -3.80. The maximum atomic E-state index is 14.1. The van der Waals surface area contributed by atoms with Gasteiger partial charge in [-0.3, -0.25) is 9.69 Å². The third kappa shape index (κ3) is 9.59. The Bertz CT molecular complexity index is 1500. The number of nitrogens with zero attached hydrogens (tertiary/aromatic N) is 1. The van der Waals surface area contributed by atoms with Gasteiger partial charge in [-0.1, -0.05) is 83.2 Å². The number of benzene rings is 3.